The molecule has 1 unspecified atom stereocenters. The van der Waals surface area contributed by atoms with E-state index in [1.54, 1.807) is 12.1 Å². The third kappa shape index (κ3) is 4.73. The molecule has 2 N–H and O–H groups in total. The summed E-state index contributed by atoms with van der Waals surface area (Å²) in [6.07, 6.45) is 4.66. The van der Waals surface area contributed by atoms with Gasteiger partial charge < -0.3 is 15.4 Å². The van der Waals surface area contributed by atoms with Crippen molar-refractivity contribution < 1.29 is 9.13 Å². The van der Waals surface area contributed by atoms with Crippen LogP contribution in [0.3, 0.4) is 0 Å². The quantitative estimate of drug-likeness (QED) is 0.865. The lowest BCUT2D eigenvalue weighted by Gasteiger charge is -2.32. The van der Waals surface area contributed by atoms with Gasteiger partial charge in [0.1, 0.15) is 0 Å². The molecule has 4 heteroatoms. The maximum atomic E-state index is 13.7. The Morgan fingerprint density at radius 1 is 1.43 bits per heavy atom. The van der Waals surface area contributed by atoms with Crippen LogP contribution in [-0.4, -0.2) is 37.7 Å². The Morgan fingerprint density at radius 2 is 2.29 bits per heavy atom. The number of piperidine rings is 1. The molecule has 0 amide bonds. The monoisotopic (exact) mass is 290 g/mol. The molecular weight excluding hydrogens is 267 g/mol. The molecule has 0 bridgehead atoms. The first kappa shape index (κ1) is 15.8. The van der Waals surface area contributed by atoms with Gasteiger partial charge in [-0.05, 0) is 51.1 Å². The molecule has 1 fully saturated rings. The summed E-state index contributed by atoms with van der Waals surface area (Å²) in [5.74, 6) is 5.58. The summed E-state index contributed by atoms with van der Waals surface area (Å²) in [5.41, 5.74) is 6.06. The van der Waals surface area contributed by atoms with E-state index in [1.165, 1.54) is 25.3 Å². The van der Waals surface area contributed by atoms with E-state index < -0.39 is 0 Å². The molecule has 0 saturated carbocycles. The predicted molar refractivity (Wildman–Crippen MR) is 82.7 cm³/mol. The number of benzene rings is 1. The third-order valence-electron chi connectivity index (χ3n) is 3.90. The van der Waals surface area contributed by atoms with Crippen LogP contribution in [0.2, 0.25) is 0 Å². The Balaban J connectivity index is 1.90. The van der Waals surface area contributed by atoms with E-state index in [0.29, 0.717) is 19.2 Å². The minimum atomic E-state index is -0.342. The van der Waals surface area contributed by atoms with Gasteiger partial charge in [0.05, 0.1) is 13.2 Å². The summed E-state index contributed by atoms with van der Waals surface area (Å²) in [6.45, 7) is 1.96. The largest absolute Gasteiger partial charge is 0.490 e. The molecule has 0 spiro atoms. The molecule has 1 aromatic carbocycles. The highest BCUT2D eigenvalue weighted by molar-refractivity contribution is 5.40. The van der Waals surface area contributed by atoms with Crippen LogP contribution in [0.15, 0.2) is 18.2 Å². The maximum Gasteiger partial charge on any atom is 0.165 e. The average Bonchev–Trinajstić information content (AvgIpc) is 2.49. The molecule has 1 heterocycles. The van der Waals surface area contributed by atoms with Gasteiger partial charge in [-0.15, -0.1) is 0 Å². The molecule has 21 heavy (non-hydrogen) atoms. The van der Waals surface area contributed by atoms with E-state index in [0.717, 1.165) is 18.5 Å². The van der Waals surface area contributed by atoms with E-state index in [-0.39, 0.29) is 11.6 Å². The summed E-state index contributed by atoms with van der Waals surface area (Å²) in [7, 11) is 2.15. The summed E-state index contributed by atoms with van der Waals surface area (Å²) in [4.78, 5) is 2.37. The SMILES string of the molecule is CN1CCCCC1CCOc1cc(C#CCN)ccc1F. The normalized spacial score (nSPS) is 18.9. The molecule has 1 aliphatic rings. The molecular formula is C17H23FN2O. The van der Waals surface area contributed by atoms with Gasteiger partial charge in [0.15, 0.2) is 11.6 Å². The molecule has 1 aliphatic heterocycles. The van der Waals surface area contributed by atoms with E-state index in [9.17, 15) is 4.39 Å². The lowest BCUT2D eigenvalue weighted by atomic mass is 10.0. The molecule has 1 saturated heterocycles. The molecule has 1 atom stereocenters. The van der Waals surface area contributed by atoms with E-state index >= 15 is 0 Å². The van der Waals surface area contributed by atoms with Crippen molar-refractivity contribution in [1.29, 1.82) is 0 Å². The topological polar surface area (TPSA) is 38.5 Å². The smallest absolute Gasteiger partial charge is 0.165 e. The molecule has 114 valence electrons. The van der Waals surface area contributed by atoms with Gasteiger partial charge in [-0.3, -0.25) is 0 Å². The van der Waals surface area contributed by atoms with E-state index in [2.05, 4.69) is 23.8 Å². The van der Waals surface area contributed by atoms with Crippen LogP contribution in [-0.2, 0) is 0 Å². The Bertz CT molecular complexity index is 521. The number of halogens is 1. The number of hydrogen-bond donors (Lipinski definition) is 1. The summed E-state index contributed by atoms with van der Waals surface area (Å²) in [5, 5.41) is 0. The second-order valence-electron chi connectivity index (χ2n) is 5.42. The van der Waals surface area contributed by atoms with Crippen LogP contribution in [0.5, 0.6) is 5.75 Å². The number of hydrogen-bond acceptors (Lipinski definition) is 3. The number of nitrogens with two attached hydrogens (primary N) is 1. The number of ether oxygens (including phenoxy) is 1. The van der Waals surface area contributed by atoms with Crippen molar-refractivity contribution in [2.24, 2.45) is 5.73 Å². The summed E-state index contributed by atoms with van der Waals surface area (Å²) < 4.78 is 19.3. The molecule has 3 nitrogen and oxygen atoms in total. The zero-order valence-electron chi connectivity index (χ0n) is 12.6. The Kier molecular flexibility index (Phi) is 6.04. The first-order valence-corrected chi connectivity index (χ1v) is 7.52. The second-order valence-corrected chi connectivity index (χ2v) is 5.42. The third-order valence-corrected chi connectivity index (χ3v) is 3.90. The lowest BCUT2D eigenvalue weighted by molar-refractivity contribution is 0.151. The van der Waals surface area contributed by atoms with Crippen molar-refractivity contribution in [3.05, 3.63) is 29.6 Å². The fourth-order valence-corrected chi connectivity index (χ4v) is 2.66. The molecule has 0 aliphatic carbocycles. The van der Waals surface area contributed by atoms with Gasteiger partial charge in [-0.2, -0.15) is 0 Å². The first-order chi connectivity index (χ1) is 10.2. The van der Waals surface area contributed by atoms with Gasteiger partial charge >= 0.3 is 0 Å². The highest BCUT2D eigenvalue weighted by atomic mass is 19.1. The van der Waals surface area contributed by atoms with Crippen molar-refractivity contribution in [3.8, 4) is 17.6 Å². The van der Waals surface area contributed by atoms with Crippen LogP contribution in [0.1, 0.15) is 31.2 Å². The maximum absolute atomic E-state index is 13.7. The van der Waals surface area contributed by atoms with Crippen molar-refractivity contribution in [2.45, 2.75) is 31.7 Å². The Morgan fingerprint density at radius 3 is 3.05 bits per heavy atom. The van der Waals surface area contributed by atoms with Gasteiger partial charge in [-0.25, -0.2) is 4.39 Å². The molecule has 1 aromatic rings. The average molecular weight is 290 g/mol. The minimum absolute atomic E-state index is 0.275. The van der Waals surface area contributed by atoms with Crippen molar-refractivity contribution in [3.63, 3.8) is 0 Å². The number of likely N-dealkylation sites (tertiary alicyclic amines) is 1. The summed E-state index contributed by atoms with van der Waals surface area (Å²) >= 11 is 0. The fourth-order valence-electron chi connectivity index (χ4n) is 2.66. The van der Waals surface area contributed by atoms with Gasteiger partial charge in [-0.1, -0.05) is 18.3 Å². The zero-order valence-corrected chi connectivity index (χ0v) is 12.6. The van der Waals surface area contributed by atoms with Crippen molar-refractivity contribution >= 4 is 0 Å². The zero-order chi connectivity index (χ0) is 15.1. The van der Waals surface area contributed by atoms with Crippen LogP contribution >= 0.6 is 0 Å². The molecule has 0 aromatic heterocycles. The van der Waals surface area contributed by atoms with Gasteiger partial charge in [0.2, 0.25) is 0 Å². The Labute approximate surface area is 126 Å². The van der Waals surface area contributed by atoms with Crippen LogP contribution < -0.4 is 10.5 Å². The van der Waals surface area contributed by atoms with E-state index in [4.69, 9.17) is 10.5 Å². The van der Waals surface area contributed by atoms with Crippen LogP contribution in [0.4, 0.5) is 4.39 Å². The standard InChI is InChI=1S/C17H23FN2O/c1-20-11-3-2-6-15(20)9-12-21-17-13-14(5-4-10-19)7-8-16(17)18/h7-8,13,15H,2-3,6,9-12,19H2,1H3. The number of rotatable bonds is 4. The number of nitrogens with zero attached hydrogens (tertiary/aromatic N) is 1. The Hall–Kier alpha value is -1.57. The van der Waals surface area contributed by atoms with Crippen molar-refractivity contribution in [1.82, 2.24) is 4.90 Å². The fraction of sp³-hybridized carbons (Fsp3) is 0.529. The highest BCUT2D eigenvalue weighted by Gasteiger charge is 2.18. The lowest BCUT2D eigenvalue weighted by Crippen LogP contribution is -2.37. The molecule has 0 radical (unpaired) electrons. The molecule has 2 rings (SSSR count). The second kappa shape index (κ2) is 8.02. The van der Waals surface area contributed by atoms with Gasteiger partial charge in [0, 0.05) is 11.6 Å². The first-order valence-electron chi connectivity index (χ1n) is 7.52. The summed E-state index contributed by atoms with van der Waals surface area (Å²) in [6, 6.07) is 5.22. The van der Waals surface area contributed by atoms with Crippen LogP contribution in [0.25, 0.3) is 0 Å². The van der Waals surface area contributed by atoms with E-state index in [1.807, 2.05) is 0 Å². The van der Waals surface area contributed by atoms with Crippen LogP contribution in [0, 0.1) is 17.7 Å². The van der Waals surface area contributed by atoms with Crippen molar-refractivity contribution in [2.75, 3.05) is 26.7 Å². The minimum Gasteiger partial charge on any atom is -0.490 e. The predicted octanol–water partition coefficient (Wildman–Crippen LogP) is 2.39. The highest BCUT2D eigenvalue weighted by Crippen LogP contribution is 2.21. The van der Waals surface area contributed by atoms with Gasteiger partial charge in [0.25, 0.3) is 0 Å².